The van der Waals surface area contributed by atoms with E-state index in [1.165, 1.54) is 6.07 Å². The fourth-order valence-corrected chi connectivity index (χ4v) is 1.78. The number of hydrogen-bond acceptors (Lipinski definition) is 2. The van der Waals surface area contributed by atoms with Crippen LogP contribution in [0.15, 0.2) is 18.2 Å². The first-order chi connectivity index (χ1) is 7.68. The van der Waals surface area contributed by atoms with E-state index in [0.717, 1.165) is 13.1 Å². The number of rotatable bonds is 1. The molecule has 3 nitrogen and oxygen atoms in total. The van der Waals surface area contributed by atoms with Crippen molar-refractivity contribution >= 4 is 18.3 Å². The monoisotopic (exact) mass is 258 g/mol. The molecule has 1 aliphatic heterocycles. The summed E-state index contributed by atoms with van der Waals surface area (Å²) < 4.78 is 13.3. The Morgan fingerprint density at radius 3 is 2.59 bits per heavy atom. The van der Waals surface area contributed by atoms with E-state index in [2.05, 4.69) is 5.32 Å². The average Bonchev–Trinajstić information content (AvgIpc) is 2.33. The molecule has 17 heavy (non-hydrogen) atoms. The topological polar surface area (TPSA) is 32.3 Å². The number of hydrogen-bond donors (Lipinski definition) is 1. The second kappa shape index (κ2) is 5.98. The highest BCUT2D eigenvalue weighted by molar-refractivity contribution is 5.94. The summed E-state index contributed by atoms with van der Waals surface area (Å²) in [5, 5.41) is 3.17. The largest absolute Gasteiger partial charge is 0.336 e. The Morgan fingerprint density at radius 1 is 1.35 bits per heavy atom. The molecule has 0 aliphatic carbocycles. The molecule has 5 heteroatoms. The molecule has 0 radical (unpaired) electrons. The van der Waals surface area contributed by atoms with Crippen LogP contribution in [0.25, 0.3) is 0 Å². The van der Waals surface area contributed by atoms with Crippen molar-refractivity contribution in [3.8, 4) is 0 Å². The third-order valence-electron chi connectivity index (χ3n) is 2.82. The van der Waals surface area contributed by atoms with Crippen molar-refractivity contribution in [2.75, 3.05) is 26.2 Å². The van der Waals surface area contributed by atoms with E-state index in [0.29, 0.717) is 24.2 Å². The average molecular weight is 259 g/mol. The lowest BCUT2D eigenvalue weighted by Gasteiger charge is -2.27. The quantitative estimate of drug-likeness (QED) is 0.830. The van der Waals surface area contributed by atoms with Gasteiger partial charge in [0.15, 0.2) is 0 Å². The summed E-state index contributed by atoms with van der Waals surface area (Å²) in [5.41, 5.74) is 1.00. The van der Waals surface area contributed by atoms with Crippen molar-refractivity contribution in [3.05, 3.63) is 35.1 Å². The van der Waals surface area contributed by atoms with E-state index in [1.54, 1.807) is 24.0 Å². The van der Waals surface area contributed by atoms with Crippen molar-refractivity contribution in [1.82, 2.24) is 10.2 Å². The number of carbonyl (C=O) groups excluding carboxylic acids is 1. The van der Waals surface area contributed by atoms with Crippen LogP contribution in [0.3, 0.4) is 0 Å². The summed E-state index contributed by atoms with van der Waals surface area (Å²) in [4.78, 5) is 13.7. The Bertz CT molecular complexity index is 405. The van der Waals surface area contributed by atoms with Crippen LogP contribution in [0.5, 0.6) is 0 Å². The van der Waals surface area contributed by atoms with Gasteiger partial charge in [-0.1, -0.05) is 6.07 Å². The summed E-state index contributed by atoms with van der Waals surface area (Å²) in [6.07, 6.45) is 0. The van der Waals surface area contributed by atoms with Gasteiger partial charge in [-0.05, 0) is 24.6 Å². The second-order valence-electron chi connectivity index (χ2n) is 4.01. The highest BCUT2D eigenvalue weighted by atomic mass is 35.5. The Hall–Kier alpha value is -1.13. The van der Waals surface area contributed by atoms with Gasteiger partial charge in [0.1, 0.15) is 5.82 Å². The fraction of sp³-hybridized carbons (Fsp3) is 0.417. The lowest BCUT2D eigenvalue weighted by atomic mass is 10.1. The van der Waals surface area contributed by atoms with E-state index >= 15 is 0 Å². The molecule has 0 atom stereocenters. The van der Waals surface area contributed by atoms with E-state index in [9.17, 15) is 9.18 Å². The van der Waals surface area contributed by atoms with E-state index < -0.39 is 0 Å². The molecule has 1 heterocycles. The number of nitrogens with zero attached hydrogens (tertiary/aromatic N) is 1. The molecule has 0 spiro atoms. The molecule has 0 bridgehead atoms. The first-order valence-corrected chi connectivity index (χ1v) is 5.44. The minimum atomic E-state index is -0.319. The summed E-state index contributed by atoms with van der Waals surface area (Å²) >= 11 is 0. The van der Waals surface area contributed by atoms with Gasteiger partial charge >= 0.3 is 0 Å². The molecule has 1 aromatic carbocycles. The predicted molar refractivity (Wildman–Crippen MR) is 67.2 cm³/mol. The summed E-state index contributed by atoms with van der Waals surface area (Å²) in [6, 6.07) is 4.65. The summed E-state index contributed by atoms with van der Waals surface area (Å²) in [7, 11) is 0. The first kappa shape index (κ1) is 13.9. The third-order valence-corrected chi connectivity index (χ3v) is 2.82. The second-order valence-corrected chi connectivity index (χ2v) is 4.01. The molecule has 94 valence electrons. The molecular formula is C12H16ClFN2O. The molecule has 1 aliphatic rings. The number of carbonyl (C=O) groups is 1. The van der Waals surface area contributed by atoms with Gasteiger partial charge in [-0.3, -0.25) is 4.79 Å². The smallest absolute Gasteiger partial charge is 0.254 e. The number of benzene rings is 1. The number of aryl methyl sites for hydroxylation is 1. The van der Waals surface area contributed by atoms with Crippen LogP contribution in [0.1, 0.15) is 15.9 Å². The number of halogens is 2. The highest BCUT2D eigenvalue weighted by Gasteiger charge is 2.18. The highest BCUT2D eigenvalue weighted by Crippen LogP contribution is 2.11. The van der Waals surface area contributed by atoms with Crippen molar-refractivity contribution < 1.29 is 9.18 Å². The molecule has 0 aromatic heterocycles. The molecule has 1 saturated heterocycles. The van der Waals surface area contributed by atoms with Gasteiger partial charge < -0.3 is 10.2 Å². The van der Waals surface area contributed by atoms with Gasteiger partial charge in [-0.15, -0.1) is 12.4 Å². The minimum Gasteiger partial charge on any atom is -0.336 e. The standard InChI is InChI=1S/C12H15FN2O.ClH/c1-9-2-3-10(8-11(9)13)12(16)15-6-4-14-5-7-15;/h2-3,8,14H,4-7H2,1H3;1H. The van der Waals surface area contributed by atoms with Gasteiger partial charge in [-0.25, -0.2) is 4.39 Å². The van der Waals surface area contributed by atoms with Gasteiger partial charge in [-0.2, -0.15) is 0 Å². The van der Waals surface area contributed by atoms with E-state index in [1.807, 2.05) is 0 Å². The van der Waals surface area contributed by atoms with Crippen LogP contribution >= 0.6 is 12.4 Å². The summed E-state index contributed by atoms with van der Waals surface area (Å²) in [5.74, 6) is -0.401. The molecule has 0 unspecified atom stereocenters. The molecular weight excluding hydrogens is 243 g/mol. The normalized spacial score (nSPS) is 15.3. The van der Waals surface area contributed by atoms with Gasteiger partial charge in [0.25, 0.3) is 5.91 Å². The Labute approximate surface area is 106 Å². The number of nitrogens with one attached hydrogen (secondary N) is 1. The van der Waals surface area contributed by atoms with Gasteiger partial charge in [0, 0.05) is 31.7 Å². The molecule has 1 fully saturated rings. The maximum absolute atomic E-state index is 13.3. The maximum Gasteiger partial charge on any atom is 0.254 e. The molecule has 1 N–H and O–H groups in total. The number of piperazine rings is 1. The predicted octanol–water partition coefficient (Wildman–Crippen LogP) is 1.60. The number of amides is 1. The lowest BCUT2D eigenvalue weighted by molar-refractivity contribution is 0.0735. The van der Waals surface area contributed by atoms with Gasteiger partial charge in [0.05, 0.1) is 0 Å². The Balaban J connectivity index is 0.00000144. The fourth-order valence-electron chi connectivity index (χ4n) is 1.78. The molecule has 2 rings (SSSR count). The van der Waals surface area contributed by atoms with Crippen LogP contribution in [-0.2, 0) is 0 Å². The third kappa shape index (κ3) is 3.17. The van der Waals surface area contributed by atoms with Crippen LogP contribution in [0.4, 0.5) is 4.39 Å². The van der Waals surface area contributed by atoms with E-state index in [4.69, 9.17) is 0 Å². The molecule has 1 amide bonds. The Kier molecular flexibility index (Phi) is 4.90. The van der Waals surface area contributed by atoms with Crippen LogP contribution in [-0.4, -0.2) is 37.0 Å². The minimum absolute atomic E-state index is 0. The van der Waals surface area contributed by atoms with E-state index in [-0.39, 0.29) is 24.1 Å². The first-order valence-electron chi connectivity index (χ1n) is 5.44. The lowest BCUT2D eigenvalue weighted by Crippen LogP contribution is -2.46. The van der Waals surface area contributed by atoms with Crippen molar-refractivity contribution in [2.45, 2.75) is 6.92 Å². The zero-order valence-electron chi connectivity index (χ0n) is 9.70. The van der Waals surface area contributed by atoms with Gasteiger partial charge in [0.2, 0.25) is 0 Å². The van der Waals surface area contributed by atoms with Crippen LogP contribution in [0.2, 0.25) is 0 Å². The summed E-state index contributed by atoms with van der Waals surface area (Å²) in [6.45, 7) is 4.68. The van der Waals surface area contributed by atoms with Crippen molar-refractivity contribution in [1.29, 1.82) is 0 Å². The van der Waals surface area contributed by atoms with Crippen molar-refractivity contribution in [3.63, 3.8) is 0 Å². The molecule has 1 aromatic rings. The zero-order chi connectivity index (χ0) is 11.5. The van der Waals surface area contributed by atoms with Crippen LogP contribution < -0.4 is 5.32 Å². The SMILES string of the molecule is Cc1ccc(C(=O)N2CCNCC2)cc1F.Cl. The van der Waals surface area contributed by atoms with Crippen molar-refractivity contribution in [2.24, 2.45) is 0 Å². The molecule has 0 saturated carbocycles. The zero-order valence-corrected chi connectivity index (χ0v) is 10.5. The van der Waals surface area contributed by atoms with Crippen LogP contribution in [0, 0.1) is 12.7 Å². The Morgan fingerprint density at radius 2 is 2.00 bits per heavy atom. The maximum atomic E-state index is 13.3.